The number of hydrogen-bond donors (Lipinski definition) is 0. The molecule has 130 valence electrons. The summed E-state index contributed by atoms with van der Waals surface area (Å²) in [6.45, 7) is 0. The fraction of sp³-hybridized carbons (Fsp3) is 0. The molecule has 1 N–H and O–H groups in total. The van der Waals surface area contributed by atoms with Crippen molar-refractivity contribution in [2.24, 2.45) is 0 Å². The van der Waals surface area contributed by atoms with Crippen LogP contribution in [-0.2, 0) is 10.1 Å². The normalized spacial score (nSPS) is 12.5. The van der Waals surface area contributed by atoms with Gasteiger partial charge in [0.25, 0.3) is 0 Å². The van der Waals surface area contributed by atoms with E-state index in [4.69, 9.17) is 0 Å². The second kappa shape index (κ2) is 6.99. The molecule has 0 atom stereocenters. The summed E-state index contributed by atoms with van der Waals surface area (Å²) in [5, 5.41) is 0. The number of carbonyl (C=O) groups excluding carboxylic acids is 2. The van der Waals surface area contributed by atoms with Crippen LogP contribution in [0.25, 0.3) is 0 Å². The van der Waals surface area contributed by atoms with E-state index in [0.717, 1.165) is 6.07 Å². The molecule has 1 aliphatic rings. The molecule has 0 spiro atoms. The molecule has 0 fully saturated rings. The number of aromatic nitrogens is 1. The van der Waals surface area contributed by atoms with E-state index < -0.39 is 26.6 Å². The van der Waals surface area contributed by atoms with Crippen molar-refractivity contribution in [3.8, 4) is 0 Å². The largest absolute Gasteiger partial charge is 0.744 e. The Balaban J connectivity index is 0.000000278. The van der Waals surface area contributed by atoms with Crippen LogP contribution in [0.4, 0.5) is 0 Å². The van der Waals surface area contributed by atoms with Gasteiger partial charge in [-0.3, -0.25) is 9.59 Å². The number of benzene rings is 2. The summed E-state index contributed by atoms with van der Waals surface area (Å²) >= 11 is 0. The first-order valence-corrected chi connectivity index (χ1v) is 9.00. The maximum atomic E-state index is 12.4. The van der Waals surface area contributed by atoms with Crippen LogP contribution >= 0.6 is 0 Å². The van der Waals surface area contributed by atoms with Crippen LogP contribution in [0.15, 0.2) is 78.0 Å². The van der Waals surface area contributed by atoms with Crippen molar-refractivity contribution in [1.29, 1.82) is 0 Å². The predicted octanol–water partition coefficient (Wildman–Crippen LogP) is 1.87. The number of H-pyrrole nitrogens is 1. The molecule has 0 saturated carbocycles. The minimum absolute atomic E-state index is 0.0503. The molecule has 1 aliphatic carbocycles. The summed E-state index contributed by atoms with van der Waals surface area (Å²) in [4.78, 5) is 26.9. The second-order valence-corrected chi connectivity index (χ2v) is 6.76. The number of pyridine rings is 1. The van der Waals surface area contributed by atoms with E-state index in [-0.39, 0.29) is 22.3 Å². The molecule has 0 aliphatic heterocycles. The van der Waals surface area contributed by atoms with Crippen molar-refractivity contribution in [3.63, 3.8) is 0 Å². The first kappa shape index (κ1) is 17.7. The number of rotatable bonds is 1. The summed E-state index contributed by atoms with van der Waals surface area (Å²) in [5.41, 5.74) is -0.0524. The lowest BCUT2D eigenvalue weighted by Crippen LogP contribution is -2.23. The zero-order valence-electron chi connectivity index (χ0n) is 13.4. The molecule has 0 unspecified atom stereocenters. The lowest BCUT2D eigenvalue weighted by molar-refractivity contribution is -0.377. The molecule has 0 bridgehead atoms. The molecule has 6 nitrogen and oxygen atoms in total. The zero-order valence-corrected chi connectivity index (χ0v) is 14.2. The third-order valence-corrected chi connectivity index (χ3v) is 4.67. The standard InChI is InChI=1S/C14H8O5S.C5H5N/c15-13-8-4-1-2-5-9(8)14(16)12-10(13)6-3-7-11(12)20(17,18)19;1-2-4-6-5-3-1/h1-7H,(H,17,18,19);1-5H. The zero-order chi connectivity index (χ0) is 18.7. The third kappa shape index (κ3) is 3.30. The van der Waals surface area contributed by atoms with Crippen molar-refractivity contribution in [2.75, 3.05) is 0 Å². The smallest absolute Gasteiger partial charge is 0.195 e. The summed E-state index contributed by atoms with van der Waals surface area (Å²) in [5.74, 6) is -1.08. The van der Waals surface area contributed by atoms with Gasteiger partial charge in [-0.05, 0) is 6.07 Å². The van der Waals surface area contributed by atoms with Gasteiger partial charge < -0.3 is 4.55 Å². The van der Waals surface area contributed by atoms with Crippen LogP contribution in [0.2, 0.25) is 0 Å². The Bertz CT molecular complexity index is 1070. The third-order valence-electron chi connectivity index (χ3n) is 3.79. The number of fused-ring (bicyclic) bond motifs is 2. The highest BCUT2D eigenvalue weighted by Gasteiger charge is 2.32. The molecule has 1 aromatic heterocycles. The van der Waals surface area contributed by atoms with E-state index in [1.54, 1.807) is 12.1 Å². The van der Waals surface area contributed by atoms with Gasteiger partial charge in [0.15, 0.2) is 24.0 Å². The van der Waals surface area contributed by atoms with Crippen LogP contribution < -0.4 is 4.98 Å². The Hall–Kier alpha value is -3.16. The highest BCUT2D eigenvalue weighted by atomic mass is 32.2. The molecule has 4 rings (SSSR count). The monoisotopic (exact) mass is 367 g/mol. The SMILES string of the molecule is O=C1c2ccccc2C(=O)c2c1cccc2S(=O)(=O)[O-].c1cc[nH+]cc1. The van der Waals surface area contributed by atoms with Gasteiger partial charge in [0, 0.05) is 28.8 Å². The average molecular weight is 367 g/mol. The van der Waals surface area contributed by atoms with Gasteiger partial charge in [0.2, 0.25) is 0 Å². The lowest BCUT2D eigenvalue weighted by atomic mass is 9.84. The van der Waals surface area contributed by atoms with Gasteiger partial charge in [-0.1, -0.05) is 42.5 Å². The number of ketones is 2. The second-order valence-electron chi connectivity index (χ2n) is 5.41. The molecule has 1 heterocycles. The van der Waals surface area contributed by atoms with Gasteiger partial charge in [0.1, 0.15) is 10.1 Å². The Morgan fingerprint density at radius 3 is 1.77 bits per heavy atom. The summed E-state index contributed by atoms with van der Waals surface area (Å²) in [6, 6.07) is 15.6. The number of aromatic amines is 1. The summed E-state index contributed by atoms with van der Waals surface area (Å²) in [6.07, 6.45) is 3.75. The van der Waals surface area contributed by atoms with Crippen LogP contribution in [0, 0.1) is 0 Å². The Morgan fingerprint density at radius 1 is 0.692 bits per heavy atom. The topological polar surface area (TPSA) is 105 Å². The van der Waals surface area contributed by atoms with Crippen LogP contribution in [0.3, 0.4) is 0 Å². The van der Waals surface area contributed by atoms with Crippen molar-refractivity contribution in [3.05, 3.63) is 95.3 Å². The fourth-order valence-electron chi connectivity index (χ4n) is 2.66. The Morgan fingerprint density at radius 2 is 1.27 bits per heavy atom. The van der Waals surface area contributed by atoms with Crippen LogP contribution in [-0.4, -0.2) is 24.5 Å². The van der Waals surface area contributed by atoms with Crippen molar-refractivity contribution < 1.29 is 27.5 Å². The molecule has 7 heteroatoms. The molecule has 0 saturated heterocycles. The first-order chi connectivity index (χ1) is 12.4. The van der Waals surface area contributed by atoms with E-state index in [2.05, 4.69) is 4.98 Å². The highest BCUT2D eigenvalue weighted by Crippen LogP contribution is 2.31. The van der Waals surface area contributed by atoms with Crippen molar-refractivity contribution >= 4 is 21.7 Å². The fourth-order valence-corrected chi connectivity index (χ4v) is 3.36. The molecular formula is C19H13NO5S. The van der Waals surface area contributed by atoms with Gasteiger partial charge in [-0.15, -0.1) is 0 Å². The minimum Gasteiger partial charge on any atom is -0.744 e. The Kier molecular flexibility index (Phi) is 4.75. The average Bonchev–Trinajstić information content (AvgIpc) is 2.67. The number of hydrogen-bond acceptors (Lipinski definition) is 5. The van der Waals surface area contributed by atoms with Gasteiger partial charge >= 0.3 is 0 Å². The minimum atomic E-state index is -4.83. The number of carbonyl (C=O) groups is 2. The van der Waals surface area contributed by atoms with Crippen LogP contribution in [0.1, 0.15) is 31.8 Å². The Labute approximate surface area is 149 Å². The van der Waals surface area contributed by atoms with E-state index in [1.165, 1.54) is 24.3 Å². The number of nitrogens with one attached hydrogen (secondary N) is 1. The van der Waals surface area contributed by atoms with Crippen molar-refractivity contribution in [1.82, 2.24) is 0 Å². The van der Waals surface area contributed by atoms with Gasteiger partial charge in [-0.25, -0.2) is 13.4 Å². The molecule has 26 heavy (non-hydrogen) atoms. The van der Waals surface area contributed by atoms with Crippen LogP contribution in [0.5, 0.6) is 0 Å². The first-order valence-electron chi connectivity index (χ1n) is 7.59. The maximum absolute atomic E-state index is 12.4. The molecule has 2 aromatic carbocycles. The molecular weight excluding hydrogens is 354 g/mol. The summed E-state index contributed by atoms with van der Waals surface area (Å²) in [7, 11) is -4.83. The maximum Gasteiger partial charge on any atom is 0.195 e. The molecule has 0 radical (unpaired) electrons. The van der Waals surface area contributed by atoms with Gasteiger partial charge in [-0.2, -0.15) is 0 Å². The lowest BCUT2D eigenvalue weighted by Gasteiger charge is -2.20. The van der Waals surface area contributed by atoms with E-state index in [1.807, 2.05) is 30.6 Å². The molecule has 0 amide bonds. The predicted molar refractivity (Wildman–Crippen MR) is 90.7 cm³/mol. The quantitative estimate of drug-likeness (QED) is 0.478. The van der Waals surface area contributed by atoms with E-state index in [0.29, 0.717) is 0 Å². The summed E-state index contributed by atoms with van der Waals surface area (Å²) < 4.78 is 33.7. The molecule has 3 aromatic rings. The van der Waals surface area contributed by atoms with Gasteiger partial charge in [0.05, 0.1) is 10.5 Å². The van der Waals surface area contributed by atoms with E-state index in [9.17, 15) is 22.6 Å². The van der Waals surface area contributed by atoms with E-state index >= 15 is 0 Å². The highest BCUT2D eigenvalue weighted by molar-refractivity contribution is 7.85. The van der Waals surface area contributed by atoms with Crippen molar-refractivity contribution in [2.45, 2.75) is 4.90 Å².